The summed E-state index contributed by atoms with van der Waals surface area (Å²) in [5, 5.41) is 13.1. The van der Waals surface area contributed by atoms with Gasteiger partial charge in [0.05, 0.1) is 13.6 Å². The van der Waals surface area contributed by atoms with Crippen LogP contribution < -0.4 is 4.90 Å². The number of rotatable bonds is 7. The Bertz CT molecular complexity index is 737. The maximum Gasteiger partial charge on any atom is 0.205 e. The van der Waals surface area contributed by atoms with E-state index in [2.05, 4.69) is 48.7 Å². The molecule has 2 aromatic heterocycles. The van der Waals surface area contributed by atoms with Crippen molar-refractivity contribution in [3.63, 3.8) is 0 Å². The van der Waals surface area contributed by atoms with Crippen molar-refractivity contribution in [2.75, 3.05) is 11.4 Å². The molecule has 0 fully saturated rings. The molecule has 0 spiro atoms. The zero-order valence-electron chi connectivity index (χ0n) is 13.3. The highest BCUT2D eigenvalue weighted by molar-refractivity contribution is 7.09. The molecular formula is C15H19N7S. The van der Waals surface area contributed by atoms with Crippen LogP contribution in [0.15, 0.2) is 30.3 Å². The predicted octanol–water partition coefficient (Wildman–Crippen LogP) is 2.07. The highest BCUT2D eigenvalue weighted by Gasteiger charge is 2.15. The molecule has 0 saturated heterocycles. The molecule has 0 amide bonds. The normalized spacial score (nSPS) is 10.9. The lowest BCUT2D eigenvalue weighted by molar-refractivity contribution is 0.626. The Balaban J connectivity index is 1.72. The smallest absolute Gasteiger partial charge is 0.205 e. The summed E-state index contributed by atoms with van der Waals surface area (Å²) in [4.78, 5) is 8.31. The summed E-state index contributed by atoms with van der Waals surface area (Å²) in [6.07, 6.45) is 1.77. The van der Waals surface area contributed by atoms with Gasteiger partial charge in [-0.05, 0) is 17.2 Å². The topological polar surface area (TPSA) is 72.6 Å². The predicted molar refractivity (Wildman–Crippen MR) is 89.3 cm³/mol. The van der Waals surface area contributed by atoms with Gasteiger partial charge in [-0.1, -0.05) is 37.3 Å². The van der Waals surface area contributed by atoms with E-state index in [-0.39, 0.29) is 0 Å². The van der Waals surface area contributed by atoms with Crippen molar-refractivity contribution in [2.24, 2.45) is 7.05 Å². The first kappa shape index (κ1) is 15.5. The van der Waals surface area contributed by atoms with Gasteiger partial charge in [-0.15, -0.1) is 10.2 Å². The number of hydrogen-bond acceptors (Lipinski definition) is 7. The average molecular weight is 329 g/mol. The summed E-state index contributed by atoms with van der Waals surface area (Å²) in [7, 11) is 1.77. The van der Waals surface area contributed by atoms with Crippen LogP contribution in [0.3, 0.4) is 0 Å². The molecule has 0 unspecified atom stereocenters. The van der Waals surface area contributed by atoms with Gasteiger partial charge in [-0.25, -0.2) is 4.98 Å². The molecule has 0 radical (unpaired) electrons. The van der Waals surface area contributed by atoms with E-state index in [1.807, 2.05) is 18.2 Å². The molecule has 0 atom stereocenters. The Morgan fingerprint density at radius 2 is 2.00 bits per heavy atom. The number of aryl methyl sites for hydroxylation is 1. The SMILES string of the molecule is CCCN(Cc1nnn(C)n1)c1nc(Cc2ccccc2)ns1. The Hall–Kier alpha value is -2.35. The molecule has 0 N–H and O–H groups in total. The lowest BCUT2D eigenvalue weighted by Gasteiger charge is -2.18. The van der Waals surface area contributed by atoms with Crippen LogP contribution in [-0.4, -0.2) is 36.1 Å². The molecule has 23 heavy (non-hydrogen) atoms. The lowest BCUT2D eigenvalue weighted by Crippen LogP contribution is -2.24. The Morgan fingerprint density at radius 3 is 2.70 bits per heavy atom. The minimum atomic E-state index is 0.599. The standard InChI is InChI=1S/C15H19N7S/c1-3-9-22(11-14-17-20-21(2)18-14)15-16-13(19-23-15)10-12-7-5-4-6-8-12/h4-8H,3,9-11H2,1-2H3. The number of tetrazole rings is 1. The van der Waals surface area contributed by atoms with E-state index in [0.717, 1.165) is 30.3 Å². The Morgan fingerprint density at radius 1 is 1.17 bits per heavy atom. The molecule has 8 heteroatoms. The second-order valence-corrected chi connectivity index (χ2v) is 6.00. The van der Waals surface area contributed by atoms with Crippen LogP contribution in [-0.2, 0) is 20.0 Å². The number of aromatic nitrogens is 6. The van der Waals surface area contributed by atoms with Gasteiger partial charge < -0.3 is 4.90 Å². The summed E-state index contributed by atoms with van der Waals surface area (Å²) in [5.41, 5.74) is 1.22. The monoisotopic (exact) mass is 329 g/mol. The zero-order chi connectivity index (χ0) is 16.1. The first-order valence-electron chi connectivity index (χ1n) is 7.59. The molecule has 1 aromatic carbocycles. The van der Waals surface area contributed by atoms with E-state index in [0.29, 0.717) is 12.4 Å². The van der Waals surface area contributed by atoms with Crippen molar-refractivity contribution in [2.45, 2.75) is 26.3 Å². The van der Waals surface area contributed by atoms with E-state index in [1.165, 1.54) is 21.9 Å². The minimum absolute atomic E-state index is 0.599. The van der Waals surface area contributed by atoms with E-state index < -0.39 is 0 Å². The van der Waals surface area contributed by atoms with Crippen molar-refractivity contribution in [3.05, 3.63) is 47.5 Å². The number of anilines is 1. The van der Waals surface area contributed by atoms with Crippen molar-refractivity contribution in [1.82, 2.24) is 29.6 Å². The van der Waals surface area contributed by atoms with Gasteiger partial charge in [-0.2, -0.15) is 9.17 Å². The fourth-order valence-electron chi connectivity index (χ4n) is 2.29. The maximum atomic E-state index is 4.68. The van der Waals surface area contributed by atoms with Gasteiger partial charge in [0.2, 0.25) is 5.13 Å². The summed E-state index contributed by atoms with van der Waals surface area (Å²) < 4.78 is 4.49. The summed E-state index contributed by atoms with van der Waals surface area (Å²) in [5.74, 6) is 1.55. The van der Waals surface area contributed by atoms with Crippen LogP contribution in [0.1, 0.15) is 30.6 Å². The van der Waals surface area contributed by atoms with Crippen LogP contribution >= 0.6 is 11.5 Å². The van der Waals surface area contributed by atoms with E-state index in [1.54, 1.807) is 7.05 Å². The molecule has 120 valence electrons. The molecule has 0 bridgehead atoms. The van der Waals surface area contributed by atoms with Gasteiger partial charge in [0.15, 0.2) is 5.82 Å². The molecule has 7 nitrogen and oxygen atoms in total. The van der Waals surface area contributed by atoms with Crippen molar-refractivity contribution in [3.8, 4) is 0 Å². The number of hydrogen-bond donors (Lipinski definition) is 0. The highest BCUT2D eigenvalue weighted by atomic mass is 32.1. The van der Waals surface area contributed by atoms with E-state index >= 15 is 0 Å². The van der Waals surface area contributed by atoms with Crippen LogP contribution in [0.5, 0.6) is 0 Å². The molecule has 0 saturated carbocycles. The molecule has 0 aliphatic carbocycles. The highest BCUT2D eigenvalue weighted by Crippen LogP contribution is 2.20. The molecular weight excluding hydrogens is 310 g/mol. The van der Waals surface area contributed by atoms with E-state index in [4.69, 9.17) is 0 Å². The van der Waals surface area contributed by atoms with Crippen LogP contribution in [0.25, 0.3) is 0 Å². The molecule has 0 aliphatic rings. The molecule has 0 aliphatic heterocycles. The van der Waals surface area contributed by atoms with Crippen LogP contribution in [0.4, 0.5) is 5.13 Å². The fourth-order valence-corrected chi connectivity index (χ4v) is 3.00. The molecule has 3 rings (SSSR count). The minimum Gasteiger partial charge on any atom is -0.339 e. The van der Waals surface area contributed by atoms with Crippen LogP contribution in [0, 0.1) is 0 Å². The fraction of sp³-hybridized carbons (Fsp3) is 0.400. The van der Waals surface area contributed by atoms with Crippen molar-refractivity contribution in [1.29, 1.82) is 0 Å². The Labute approximate surface area is 139 Å². The summed E-state index contributed by atoms with van der Waals surface area (Å²) >= 11 is 1.42. The number of benzene rings is 1. The maximum absolute atomic E-state index is 4.68. The van der Waals surface area contributed by atoms with E-state index in [9.17, 15) is 0 Å². The Kier molecular flexibility index (Phi) is 4.92. The second kappa shape index (κ2) is 7.28. The van der Waals surface area contributed by atoms with Gasteiger partial charge in [-0.3, -0.25) is 0 Å². The molecule has 2 heterocycles. The first-order valence-corrected chi connectivity index (χ1v) is 8.36. The largest absolute Gasteiger partial charge is 0.339 e. The summed E-state index contributed by atoms with van der Waals surface area (Å²) in [6, 6.07) is 10.3. The van der Waals surface area contributed by atoms with Crippen molar-refractivity contribution >= 4 is 16.7 Å². The average Bonchev–Trinajstić information content (AvgIpc) is 3.17. The third-order valence-electron chi connectivity index (χ3n) is 3.31. The summed E-state index contributed by atoms with van der Waals surface area (Å²) in [6.45, 7) is 3.63. The van der Waals surface area contributed by atoms with Crippen molar-refractivity contribution < 1.29 is 0 Å². The third-order valence-corrected chi connectivity index (χ3v) is 4.12. The van der Waals surface area contributed by atoms with Gasteiger partial charge in [0.1, 0.15) is 5.82 Å². The van der Waals surface area contributed by atoms with Gasteiger partial charge in [0, 0.05) is 24.5 Å². The lowest BCUT2D eigenvalue weighted by atomic mass is 10.1. The first-order chi connectivity index (χ1) is 11.2. The quantitative estimate of drug-likeness (QED) is 0.661. The van der Waals surface area contributed by atoms with Gasteiger partial charge >= 0.3 is 0 Å². The third kappa shape index (κ3) is 4.10. The second-order valence-electron chi connectivity index (χ2n) is 5.27. The van der Waals surface area contributed by atoms with Crippen LogP contribution in [0.2, 0.25) is 0 Å². The zero-order valence-corrected chi connectivity index (χ0v) is 14.1. The molecule has 3 aromatic rings. The number of nitrogens with zero attached hydrogens (tertiary/aromatic N) is 7. The van der Waals surface area contributed by atoms with Gasteiger partial charge in [0.25, 0.3) is 0 Å².